The summed E-state index contributed by atoms with van der Waals surface area (Å²) in [4.78, 5) is 4.11. The number of thioether (sulfide) groups is 1. The largest absolute Gasteiger partial charge is 0.375 e. The van der Waals surface area contributed by atoms with Crippen LogP contribution >= 0.6 is 23.1 Å². The van der Waals surface area contributed by atoms with E-state index in [1.54, 1.807) is 12.1 Å². The Kier molecular flexibility index (Phi) is 3.84. The first kappa shape index (κ1) is 12.9. The second kappa shape index (κ2) is 5.38. The Morgan fingerprint density at radius 3 is 2.94 bits per heavy atom. The maximum Gasteiger partial charge on any atom is 0.181 e. The van der Waals surface area contributed by atoms with E-state index in [1.165, 1.54) is 29.2 Å². The van der Waals surface area contributed by atoms with Crippen LogP contribution in [0.5, 0.6) is 0 Å². The predicted octanol–water partition coefficient (Wildman–Crippen LogP) is 3.34. The number of anilines is 1. The summed E-state index contributed by atoms with van der Waals surface area (Å²) >= 11 is 2.87. The van der Waals surface area contributed by atoms with Gasteiger partial charge in [0.2, 0.25) is 0 Å². The molecule has 0 radical (unpaired) electrons. The Morgan fingerprint density at radius 1 is 1.56 bits per heavy atom. The Labute approximate surface area is 112 Å². The molecule has 0 saturated heterocycles. The first-order valence-electron chi connectivity index (χ1n) is 5.15. The van der Waals surface area contributed by atoms with Crippen LogP contribution in [-0.4, -0.2) is 4.98 Å². The van der Waals surface area contributed by atoms with Gasteiger partial charge >= 0.3 is 0 Å². The zero-order chi connectivity index (χ0) is 13.1. The fourth-order valence-corrected chi connectivity index (χ4v) is 3.46. The molecule has 0 amide bonds. The molecule has 0 bridgehead atoms. The minimum Gasteiger partial charge on any atom is -0.375 e. The molecule has 0 fully saturated rings. The van der Waals surface area contributed by atoms with E-state index in [-0.39, 0.29) is 5.56 Å². The summed E-state index contributed by atoms with van der Waals surface area (Å²) < 4.78 is 14.8. The number of hydrogen-bond acceptors (Lipinski definition) is 5. The number of nitrogens with zero attached hydrogens (tertiary/aromatic N) is 2. The molecule has 2 N–H and O–H groups in total. The van der Waals surface area contributed by atoms with Gasteiger partial charge in [0.1, 0.15) is 11.9 Å². The summed E-state index contributed by atoms with van der Waals surface area (Å²) in [5.74, 6) is 0.0201. The molecule has 0 saturated carbocycles. The van der Waals surface area contributed by atoms with Crippen LogP contribution in [-0.2, 0) is 5.75 Å². The molecule has 0 aliphatic carbocycles. The fraction of sp³-hybridized carbons (Fsp3) is 0.167. The fourth-order valence-electron chi connectivity index (χ4n) is 1.46. The highest BCUT2D eigenvalue weighted by molar-refractivity contribution is 8.00. The first-order valence-corrected chi connectivity index (χ1v) is 6.95. The monoisotopic (exact) mass is 279 g/mol. The van der Waals surface area contributed by atoms with Gasteiger partial charge in [-0.05, 0) is 18.6 Å². The van der Waals surface area contributed by atoms with Crippen molar-refractivity contribution < 1.29 is 4.39 Å². The normalized spacial score (nSPS) is 10.3. The van der Waals surface area contributed by atoms with Crippen molar-refractivity contribution in [2.75, 3.05) is 5.73 Å². The average molecular weight is 279 g/mol. The van der Waals surface area contributed by atoms with E-state index in [4.69, 9.17) is 11.0 Å². The number of nitrogen functional groups attached to an aromatic ring is 1. The predicted molar refractivity (Wildman–Crippen MR) is 71.9 cm³/mol. The lowest BCUT2D eigenvalue weighted by atomic mass is 10.1. The second-order valence-electron chi connectivity index (χ2n) is 3.60. The maximum absolute atomic E-state index is 13.8. The summed E-state index contributed by atoms with van der Waals surface area (Å²) in [5.41, 5.74) is 7.06. The molecule has 1 aromatic carbocycles. The van der Waals surface area contributed by atoms with Crippen molar-refractivity contribution >= 4 is 28.2 Å². The SMILES string of the molecule is Cc1nc(N)sc1SCc1cccc(C#N)c1F. The molecule has 2 aromatic rings. The molecular weight excluding hydrogens is 269 g/mol. The number of nitrogens with two attached hydrogens (primary N) is 1. The van der Waals surface area contributed by atoms with Crippen LogP contribution in [0.3, 0.4) is 0 Å². The smallest absolute Gasteiger partial charge is 0.181 e. The minimum atomic E-state index is -0.442. The summed E-state index contributed by atoms with van der Waals surface area (Å²) in [7, 11) is 0. The van der Waals surface area contributed by atoms with Gasteiger partial charge in [0.05, 0.1) is 15.5 Å². The van der Waals surface area contributed by atoms with Gasteiger partial charge in [0.15, 0.2) is 5.13 Å². The highest BCUT2D eigenvalue weighted by Gasteiger charge is 2.10. The van der Waals surface area contributed by atoms with Gasteiger partial charge in [0, 0.05) is 5.75 Å². The van der Waals surface area contributed by atoms with Crippen LogP contribution in [0.4, 0.5) is 9.52 Å². The Hall–Kier alpha value is -1.58. The van der Waals surface area contributed by atoms with Gasteiger partial charge in [0.25, 0.3) is 0 Å². The lowest BCUT2D eigenvalue weighted by molar-refractivity contribution is 0.613. The van der Waals surface area contributed by atoms with Crippen molar-refractivity contribution in [2.24, 2.45) is 0 Å². The van der Waals surface area contributed by atoms with Gasteiger partial charge < -0.3 is 5.73 Å². The molecule has 0 atom stereocenters. The molecule has 0 aliphatic heterocycles. The van der Waals surface area contributed by atoms with Gasteiger partial charge in [-0.25, -0.2) is 9.37 Å². The average Bonchev–Trinajstić information content (AvgIpc) is 2.66. The molecule has 0 unspecified atom stereocenters. The van der Waals surface area contributed by atoms with Gasteiger partial charge in [-0.3, -0.25) is 0 Å². The molecule has 0 spiro atoms. The number of thiazole rings is 1. The third kappa shape index (κ3) is 2.63. The van der Waals surface area contributed by atoms with Crippen LogP contribution in [0, 0.1) is 24.1 Å². The Morgan fingerprint density at radius 2 is 2.33 bits per heavy atom. The number of aryl methyl sites for hydroxylation is 1. The van der Waals surface area contributed by atoms with Gasteiger partial charge in [-0.15, -0.1) is 11.8 Å². The van der Waals surface area contributed by atoms with E-state index < -0.39 is 5.82 Å². The zero-order valence-electron chi connectivity index (χ0n) is 9.61. The first-order chi connectivity index (χ1) is 8.61. The van der Waals surface area contributed by atoms with Gasteiger partial charge in [-0.1, -0.05) is 23.5 Å². The quantitative estimate of drug-likeness (QED) is 0.875. The topological polar surface area (TPSA) is 62.7 Å². The van der Waals surface area contributed by atoms with Crippen LogP contribution in [0.15, 0.2) is 22.4 Å². The van der Waals surface area contributed by atoms with E-state index in [2.05, 4.69) is 4.98 Å². The van der Waals surface area contributed by atoms with E-state index in [1.807, 2.05) is 13.0 Å². The van der Waals surface area contributed by atoms with E-state index >= 15 is 0 Å². The van der Waals surface area contributed by atoms with E-state index in [0.717, 1.165) is 9.90 Å². The molecule has 1 heterocycles. The number of halogens is 1. The summed E-state index contributed by atoms with van der Waals surface area (Å²) in [5, 5.41) is 9.27. The molecule has 18 heavy (non-hydrogen) atoms. The van der Waals surface area contributed by atoms with Crippen molar-refractivity contribution in [1.29, 1.82) is 5.26 Å². The summed E-state index contributed by atoms with van der Waals surface area (Å²) in [6.07, 6.45) is 0. The third-order valence-electron chi connectivity index (χ3n) is 2.33. The Balaban J connectivity index is 2.16. The minimum absolute atomic E-state index is 0.0774. The van der Waals surface area contributed by atoms with Crippen LogP contribution in [0.2, 0.25) is 0 Å². The lowest BCUT2D eigenvalue weighted by Gasteiger charge is -2.03. The molecule has 0 aliphatic rings. The third-order valence-corrected chi connectivity index (χ3v) is 4.73. The highest BCUT2D eigenvalue weighted by Crippen LogP contribution is 2.33. The molecule has 92 valence electrons. The molecule has 6 heteroatoms. The molecule has 2 rings (SSSR count). The summed E-state index contributed by atoms with van der Waals surface area (Å²) in [6, 6.07) is 6.68. The number of benzene rings is 1. The molecule has 3 nitrogen and oxygen atoms in total. The van der Waals surface area contributed by atoms with Crippen molar-refractivity contribution in [2.45, 2.75) is 16.9 Å². The standard InChI is InChI=1S/C12H10FN3S2/c1-7-11(18-12(15)16-7)17-6-9-4-2-3-8(5-14)10(9)13/h2-4H,6H2,1H3,(H2,15,16). The van der Waals surface area contributed by atoms with E-state index in [0.29, 0.717) is 16.4 Å². The molecular formula is C12H10FN3S2. The zero-order valence-corrected chi connectivity index (χ0v) is 11.2. The number of nitriles is 1. The number of aromatic nitrogens is 1. The number of rotatable bonds is 3. The van der Waals surface area contributed by atoms with Crippen molar-refractivity contribution in [1.82, 2.24) is 4.98 Å². The number of hydrogen-bond donors (Lipinski definition) is 1. The van der Waals surface area contributed by atoms with Crippen molar-refractivity contribution in [3.05, 3.63) is 40.8 Å². The molecule has 1 aromatic heterocycles. The van der Waals surface area contributed by atoms with E-state index in [9.17, 15) is 4.39 Å². The highest BCUT2D eigenvalue weighted by atomic mass is 32.2. The maximum atomic E-state index is 13.8. The summed E-state index contributed by atoms with van der Waals surface area (Å²) in [6.45, 7) is 1.87. The lowest BCUT2D eigenvalue weighted by Crippen LogP contribution is -1.91. The van der Waals surface area contributed by atoms with Crippen molar-refractivity contribution in [3.8, 4) is 6.07 Å². The Bertz CT molecular complexity index is 616. The van der Waals surface area contributed by atoms with Crippen LogP contribution in [0.1, 0.15) is 16.8 Å². The second-order valence-corrected chi connectivity index (χ2v) is 5.88. The van der Waals surface area contributed by atoms with Crippen LogP contribution in [0.25, 0.3) is 0 Å². The van der Waals surface area contributed by atoms with Crippen LogP contribution < -0.4 is 5.73 Å². The van der Waals surface area contributed by atoms with Gasteiger partial charge in [-0.2, -0.15) is 5.26 Å². The van der Waals surface area contributed by atoms with Crippen molar-refractivity contribution in [3.63, 3.8) is 0 Å².